The molecule has 0 aliphatic heterocycles. The monoisotopic (exact) mass is 170 g/mol. The zero-order valence-corrected chi connectivity index (χ0v) is 8.01. The van der Waals surface area contributed by atoms with Crippen molar-refractivity contribution in [3.05, 3.63) is 25.3 Å². The van der Waals surface area contributed by atoms with Gasteiger partial charge >= 0.3 is 5.97 Å². The molecule has 70 valence electrons. The minimum Gasteiger partial charge on any atom is -0.463 e. The van der Waals surface area contributed by atoms with E-state index in [1.54, 1.807) is 6.08 Å². The van der Waals surface area contributed by atoms with Gasteiger partial charge in [0.1, 0.15) is 0 Å². The Labute approximate surface area is 74.9 Å². The number of carbonyl (C=O) groups excluding carboxylic acids is 1. The van der Waals surface area contributed by atoms with E-state index in [1.165, 1.54) is 6.08 Å². The SMILES string of the molecule is C=CC.C=CC(=O)OCCCC. The van der Waals surface area contributed by atoms with Gasteiger partial charge in [-0.15, -0.1) is 6.58 Å². The summed E-state index contributed by atoms with van der Waals surface area (Å²) in [7, 11) is 0. The third-order valence-corrected chi connectivity index (χ3v) is 0.909. The van der Waals surface area contributed by atoms with Crippen molar-refractivity contribution in [1.29, 1.82) is 0 Å². The van der Waals surface area contributed by atoms with Crippen LogP contribution >= 0.6 is 0 Å². The molecule has 0 N–H and O–H groups in total. The number of hydrogen-bond acceptors (Lipinski definition) is 2. The van der Waals surface area contributed by atoms with Gasteiger partial charge in [0.25, 0.3) is 0 Å². The van der Waals surface area contributed by atoms with Crippen molar-refractivity contribution in [3.8, 4) is 0 Å². The van der Waals surface area contributed by atoms with E-state index in [2.05, 4.69) is 17.9 Å². The van der Waals surface area contributed by atoms with Gasteiger partial charge in [-0.05, 0) is 13.3 Å². The molecule has 0 unspecified atom stereocenters. The Morgan fingerprint density at radius 3 is 2.33 bits per heavy atom. The average Bonchev–Trinajstić information content (AvgIpc) is 2.06. The highest BCUT2D eigenvalue weighted by atomic mass is 16.5. The lowest BCUT2D eigenvalue weighted by Gasteiger charge is -1.97. The molecule has 0 heterocycles. The molecule has 0 bridgehead atoms. The predicted molar refractivity (Wildman–Crippen MR) is 51.9 cm³/mol. The summed E-state index contributed by atoms with van der Waals surface area (Å²) >= 11 is 0. The van der Waals surface area contributed by atoms with Gasteiger partial charge in [-0.2, -0.15) is 0 Å². The molecule has 0 aliphatic rings. The van der Waals surface area contributed by atoms with Gasteiger partial charge in [0.05, 0.1) is 6.61 Å². The van der Waals surface area contributed by atoms with Gasteiger partial charge in [-0.25, -0.2) is 4.79 Å². The molecule has 0 aromatic rings. The summed E-state index contributed by atoms with van der Waals surface area (Å²) in [6.45, 7) is 11.1. The zero-order chi connectivity index (χ0) is 9.82. The molecular formula is C10H18O2. The van der Waals surface area contributed by atoms with Crippen LogP contribution < -0.4 is 0 Å². The van der Waals surface area contributed by atoms with Crippen LogP contribution in [0.5, 0.6) is 0 Å². The zero-order valence-electron chi connectivity index (χ0n) is 8.01. The second-order valence-corrected chi connectivity index (χ2v) is 2.13. The molecule has 0 rings (SSSR count). The van der Waals surface area contributed by atoms with Crippen molar-refractivity contribution in [2.75, 3.05) is 6.61 Å². The molecule has 0 saturated carbocycles. The molecular weight excluding hydrogens is 152 g/mol. The highest BCUT2D eigenvalue weighted by molar-refractivity contribution is 5.81. The minimum absolute atomic E-state index is 0.330. The molecule has 0 aliphatic carbocycles. The quantitative estimate of drug-likeness (QED) is 0.280. The van der Waals surface area contributed by atoms with E-state index in [4.69, 9.17) is 0 Å². The number of carbonyl (C=O) groups is 1. The van der Waals surface area contributed by atoms with Crippen molar-refractivity contribution in [1.82, 2.24) is 0 Å². The smallest absolute Gasteiger partial charge is 0.330 e. The normalized spacial score (nSPS) is 7.50. The van der Waals surface area contributed by atoms with E-state index in [0.717, 1.165) is 12.8 Å². The molecule has 0 saturated heterocycles. The summed E-state index contributed by atoms with van der Waals surface area (Å²) in [5.41, 5.74) is 0. The maximum atomic E-state index is 10.3. The molecule has 2 heteroatoms. The van der Waals surface area contributed by atoms with E-state index >= 15 is 0 Å². The number of unbranched alkanes of at least 4 members (excludes halogenated alkanes) is 1. The van der Waals surface area contributed by atoms with E-state index in [9.17, 15) is 4.79 Å². The number of hydrogen-bond donors (Lipinski definition) is 0. The highest BCUT2D eigenvalue weighted by Gasteiger charge is 1.91. The first-order chi connectivity index (χ1) is 5.72. The van der Waals surface area contributed by atoms with Crippen LogP contribution in [0.1, 0.15) is 26.7 Å². The van der Waals surface area contributed by atoms with Crippen LogP contribution in [0.2, 0.25) is 0 Å². The van der Waals surface area contributed by atoms with Gasteiger partial charge in [0, 0.05) is 6.08 Å². The Morgan fingerprint density at radius 2 is 2.00 bits per heavy atom. The number of esters is 1. The lowest BCUT2D eigenvalue weighted by atomic mass is 10.4. The van der Waals surface area contributed by atoms with E-state index in [-0.39, 0.29) is 5.97 Å². The van der Waals surface area contributed by atoms with Gasteiger partial charge in [0.2, 0.25) is 0 Å². The van der Waals surface area contributed by atoms with Crippen molar-refractivity contribution >= 4 is 5.97 Å². The summed E-state index contributed by atoms with van der Waals surface area (Å²) in [5, 5.41) is 0. The average molecular weight is 170 g/mol. The molecule has 0 aromatic heterocycles. The molecule has 2 nitrogen and oxygen atoms in total. The van der Waals surface area contributed by atoms with Crippen molar-refractivity contribution in [2.45, 2.75) is 26.7 Å². The maximum absolute atomic E-state index is 10.3. The van der Waals surface area contributed by atoms with Gasteiger partial charge < -0.3 is 4.74 Å². The van der Waals surface area contributed by atoms with Crippen molar-refractivity contribution < 1.29 is 9.53 Å². The fraction of sp³-hybridized carbons (Fsp3) is 0.500. The summed E-state index contributed by atoms with van der Waals surface area (Å²) < 4.78 is 4.67. The second kappa shape index (κ2) is 12.6. The number of rotatable bonds is 4. The largest absolute Gasteiger partial charge is 0.463 e. The first-order valence-corrected chi connectivity index (χ1v) is 4.09. The topological polar surface area (TPSA) is 26.3 Å². The first kappa shape index (κ1) is 13.5. The lowest BCUT2D eigenvalue weighted by Crippen LogP contribution is -2.00. The van der Waals surface area contributed by atoms with Gasteiger partial charge in [-0.3, -0.25) is 0 Å². The minimum atomic E-state index is -0.330. The lowest BCUT2D eigenvalue weighted by molar-refractivity contribution is -0.137. The molecule has 12 heavy (non-hydrogen) atoms. The number of allylic oxidation sites excluding steroid dienone is 1. The Kier molecular flexibility index (Phi) is 14.2. The summed E-state index contributed by atoms with van der Waals surface area (Å²) in [4.78, 5) is 10.3. The Bertz CT molecular complexity index is 128. The van der Waals surface area contributed by atoms with Crippen LogP contribution in [0.3, 0.4) is 0 Å². The van der Waals surface area contributed by atoms with E-state index in [1.807, 2.05) is 13.8 Å². The third kappa shape index (κ3) is 16.0. The van der Waals surface area contributed by atoms with Crippen molar-refractivity contribution in [3.63, 3.8) is 0 Å². The van der Waals surface area contributed by atoms with Crippen LogP contribution in [0.15, 0.2) is 25.3 Å². The predicted octanol–water partition coefficient (Wildman–Crippen LogP) is 2.71. The fourth-order valence-corrected chi connectivity index (χ4v) is 0.376. The van der Waals surface area contributed by atoms with Crippen LogP contribution in [-0.4, -0.2) is 12.6 Å². The number of ether oxygens (including phenoxy) is 1. The van der Waals surface area contributed by atoms with E-state index < -0.39 is 0 Å². The molecule has 0 aromatic carbocycles. The molecule has 0 radical (unpaired) electrons. The third-order valence-electron chi connectivity index (χ3n) is 0.909. The molecule has 0 amide bonds. The molecule has 0 fully saturated rings. The van der Waals surface area contributed by atoms with Crippen molar-refractivity contribution in [2.24, 2.45) is 0 Å². The maximum Gasteiger partial charge on any atom is 0.330 e. The van der Waals surface area contributed by atoms with Gasteiger partial charge in [-0.1, -0.05) is 26.0 Å². The van der Waals surface area contributed by atoms with Crippen LogP contribution in [0, 0.1) is 0 Å². The molecule has 0 atom stereocenters. The van der Waals surface area contributed by atoms with E-state index in [0.29, 0.717) is 6.61 Å². The van der Waals surface area contributed by atoms with Gasteiger partial charge in [0.15, 0.2) is 0 Å². The summed E-state index contributed by atoms with van der Waals surface area (Å²) in [6, 6.07) is 0. The Morgan fingerprint density at radius 1 is 1.50 bits per heavy atom. The van der Waals surface area contributed by atoms with Crippen LogP contribution in [-0.2, 0) is 9.53 Å². The summed E-state index contributed by atoms with van der Waals surface area (Å²) in [5.74, 6) is -0.330. The standard InChI is InChI=1S/C7H12O2.C3H6/c1-3-5-6-9-7(8)4-2;1-3-2/h4H,2-3,5-6H2,1H3;3H,1H2,2H3. The Hall–Kier alpha value is -1.05. The first-order valence-electron chi connectivity index (χ1n) is 4.09. The highest BCUT2D eigenvalue weighted by Crippen LogP contribution is 1.88. The van der Waals surface area contributed by atoms with Crippen LogP contribution in [0.25, 0.3) is 0 Å². The second-order valence-electron chi connectivity index (χ2n) is 2.13. The summed E-state index contributed by atoms with van der Waals surface area (Å²) in [6.07, 6.45) is 4.90. The fourth-order valence-electron chi connectivity index (χ4n) is 0.376. The Balaban J connectivity index is 0. The van der Waals surface area contributed by atoms with Crippen LogP contribution in [0.4, 0.5) is 0 Å². The molecule has 0 spiro atoms.